The Morgan fingerprint density at radius 3 is 2.45 bits per heavy atom. The van der Waals surface area contributed by atoms with Gasteiger partial charge in [0.05, 0.1) is 6.10 Å². The summed E-state index contributed by atoms with van der Waals surface area (Å²) in [5.74, 6) is 5.20. The molecule has 5 fully saturated rings. The molecule has 0 aromatic heterocycles. The Labute approximate surface area is 192 Å². The Morgan fingerprint density at radius 2 is 1.71 bits per heavy atom. The van der Waals surface area contributed by atoms with Crippen molar-refractivity contribution in [2.24, 2.45) is 58.2 Å². The van der Waals surface area contributed by atoms with E-state index in [1.54, 1.807) is 0 Å². The zero-order valence-electron chi connectivity index (χ0n) is 21.3. The highest BCUT2D eigenvalue weighted by atomic mass is 16.6. The van der Waals surface area contributed by atoms with Gasteiger partial charge in [0.2, 0.25) is 0 Å². The van der Waals surface area contributed by atoms with Gasteiger partial charge in [-0.1, -0.05) is 54.4 Å². The van der Waals surface area contributed by atoms with Crippen molar-refractivity contribution in [1.82, 2.24) is 0 Å². The second-order valence-corrected chi connectivity index (χ2v) is 13.7. The van der Waals surface area contributed by atoms with E-state index in [2.05, 4.69) is 41.5 Å². The molecular weight excluding hydrogens is 380 g/mol. The van der Waals surface area contributed by atoms with Crippen molar-refractivity contribution < 1.29 is 9.84 Å². The maximum Gasteiger partial charge on any atom is 0.168 e. The maximum atomic E-state index is 11.5. The van der Waals surface area contributed by atoms with Gasteiger partial charge < -0.3 is 9.84 Å². The van der Waals surface area contributed by atoms with E-state index in [0.717, 1.165) is 42.4 Å². The summed E-state index contributed by atoms with van der Waals surface area (Å²) in [7, 11) is 0. The van der Waals surface area contributed by atoms with Crippen molar-refractivity contribution in [1.29, 1.82) is 0 Å². The summed E-state index contributed by atoms with van der Waals surface area (Å²) in [6.07, 6.45) is 14.7. The lowest BCUT2D eigenvalue weighted by Gasteiger charge is -2.61. The molecule has 12 atom stereocenters. The largest absolute Gasteiger partial charge is 0.365 e. The second kappa shape index (κ2) is 7.72. The third kappa shape index (κ3) is 3.31. The van der Waals surface area contributed by atoms with Crippen LogP contribution in [-0.2, 0) is 4.74 Å². The smallest absolute Gasteiger partial charge is 0.168 e. The van der Waals surface area contributed by atoms with Gasteiger partial charge in [-0.3, -0.25) is 0 Å². The summed E-state index contributed by atoms with van der Waals surface area (Å²) in [6, 6.07) is 0. The summed E-state index contributed by atoms with van der Waals surface area (Å²) < 4.78 is 6.62. The van der Waals surface area contributed by atoms with E-state index in [0.29, 0.717) is 28.8 Å². The highest BCUT2D eigenvalue weighted by Crippen LogP contribution is 2.71. The van der Waals surface area contributed by atoms with Crippen LogP contribution in [0.15, 0.2) is 0 Å². The molecule has 178 valence electrons. The van der Waals surface area contributed by atoms with Crippen molar-refractivity contribution in [3.8, 4) is 0 Å². The van der Waals surface area contributed by atoms with Crippen LogP contribution in [-0.4, -0.2) is 17.0 Å². The minimum atomic E-state index is -0.882. The zero-order chi connectivity index (χ0) is 22.2. The fourth-order valence-corrected chi connectivity index (χ4v) is 10.1. The van der Waals surface area contributed by atoms with Crippen LogP contribution in [0, 0.1) is 58.2 Å². The van der Waals surface area contributed by atoms with Crippen LogP contribution in [0.5, 0.6) is 0 Å². The Bertz CT molecular complexity index is 676. The zero-order valence-corrected chi connectivity index (χ0v) is 21.3. The predicted molar refractivity (Wildman–Crippen MR) is 127 cm³/mol. The van der Waals surface area contributed by atoms with E-state index in [-0.39, 0.29) is 5.92 Å². The Morgan fingerprint density at radius 1 is 0.968 bits per heavy atom. The molecule has 4 saturated carbocycles. The quantitative estimate of drug-likeness (QED) is 0.502. The van der Waals surface area contributed by atoms with Gasteiger partial charge in [0.25, 0.3) is 0 Å². The van der Waals surface area contributed by atoms with Gasteiger partial charge in [-0.05, 0) is 104 Å². The molecule has 2 heteroatoms. The lowest BCUT2D eigenvalue weighted by molar-refractivity contribution is -0.221. The van der Waals surface area contributed by atoms with Crippen molar-refractivity contribution in [2.75, 3.05) is 0 Å². The molecule has 0 spiro atoms. The predicted octanol–water partition coefficient (Wildman–Crippen LogP) is 7.44. The molecule has 4 aliphatic carbocycles. The summed E-state index contributed by atoms with van der Waals surface area (Å²) in [5.41, 5.74) is 0.967. The van der Waals surface area contributed by atoms with E-state index < -0.39 is 5.79 Å². The number of rotatable bonds is 4. The molecule has 12 unspecified atom stereocenters. The third-order valence-electron chi connectivity index (χ3n) is 12.3. The molecule has 0 radical (unpaired) electrons. The van der Waals surface area contributed by atoms with Crippen molar-refractivity contribution in [2.45, 2.75) is 124 Å². The SMILES string of the molecule is CCC(C)CCC1(O)OC2CC3C4CCC5CC(C)CCC5(C)C4CCC3(C)C2C1C. The van der Waals surface area contributed by atoms with E-state index in [1.807, 2.05) is 0 Å². The molecule has 1 saturated heterocycles. The molecule has 2 nitrogen and oxygen atoms in total. The first-order chi connectivity index (χ1) is 14.6. The van der Waals surface area contributed by atoms with Crippen LogP contribution in [0.1, 0.15) is 112 Å². The maximum absolute atomic E-state index is 11.5. The highest BCUT2D eigenvalue weighted by molar-refractivity contribution is 5.14. The standard InChI is InChI=1S/C29H50O2/c1-7-18(2)11-15-29(30)20(4)26-25(31-29)17-24-22-9-8-21-16-19(3)10-13-27(21,5)23(22)12-14-28(24,26)6/h18-26,30H,7-17H2,1-6H3. The molecule has 5 rings (SSSR count). The van der Waals surface area contributed by atoms with Crippen molar-refractivity contribution in [3.05, 3.63) is 0 Å². The normalized spacial score (nSPS) is 57.0. The van der Waals surface area contributed by atoms with Gasteiger partial charge in [0, 0.05) is 12.3 Å². The van der Waals surface area contributed by atoms with E-state index in [1.165, 1.54) is 57.8 Å². The third-order valence-corrected chi connectivity index (χ3v) is 12.3. The molecule has 0 aromatic carbocycles. The summed E-state index contributed by atoms with van der Waals surface area (Å²) in [5, 5.41) is 11.5. The summed E-state index contributed by atoms with van der Waals surface area (Å²) in [4.78, 5) is 0. The molecule has 1 aliphatic heterocycles. The molecule has 1 N–H and O–H groups in total. The van der Waals surface area contributed by atoms with Crippen LogP contribution in [0.25, 0.3) is 0 Å². The first kappa shape index (κ1) is 22.7. The van der Waals surface area contributed by atoms with Gasteiger partial charge in [-0.25, -0.2) is 0 Å². The average Bonchev–Trinajstić information content (AvgIpc) is 3.17. The first-order valence-corrected chi connectivity index (χ1v) is 14.0. The fourth-order valence-electron chi connectivity index (χ4n) is 10.1. The number of ether oxygens (including phenoxy) is 1. The van der Waals surface area contributed by atoms with Gasteiger partial charge in [-0.2, -0.15) is 0 Å². The molecule has 31 heavy (non-hydrogen) atoms. The number of hydrogen-bond donors (Lipinski definition) is 1. The van der Waals surface area contributed by atoms with E-state index in [4.69, 9.17) is 4.74 Å². The van der Waals surface area contributed by atoms with Gasteiger partial charge in [-0.15, -0.1) is 0 Å². The second-order valence-electron chi connectivity index (χ2n) is 13.7. The van der Waals surface area contributed by atoms with Crippen molar-refractivity contribution >= 4 is 0 Å². The molecule has 5 aliphatic rings. The highest BCUT2D eigenvalue weighted by Gasteiger charge is 2.68. The first-order valence-electron chi connectivity index (χ1n) is 14.0. The lowest BCUT2D eigenvalue weighted by Crippen LogP contribution is -2.54. The molecule has 0 aromatic rings. The Kier molecular flexibility index (Phi) is 5.66. The number of aliphatic hydroxyl groups is 1. The van der Waals surface area contributed by atoms with Gasteiger partial charge >= 0.3 is 0 Å². The minimum Gasteiger partial charge on any atom is -0.365 e. The summed E-state index contributed by atoms with van der Waals surface area (Å²) >= 11 is 0. The van der Waals surface area contributed by atoms with E-state index >= 15 is 0 Å². The molecule has 0 amide bonds. The topological polar surface area (TPSA) is 29.5 Å². The van der Waals surface area contributed by atoms with Crippen LogP contribution < -0.4 is 0 Å². The minimum absolute atomic E-state index is 0.274. The average molecular weight is 431 g/mol. The van der Waals surface area contributed by atoms with Gasteiger partial charge in [0.15, 0.2) is 5.79 Å². The van der Waals surface area contributed by atoms with Crippen LogP contribution in [0.3, 0.4) is 0 Å². The van der Waals surface area contributed by atoms with Crippen LogP contribution in [0.2, 0.25) is 0 Å². The van der Waals surface area contributed by atoms with Crippen LogP contribution >= 0.6 is 0 Å². The monoisotopic (exact) mass is 430 g/mol. The van der Waals surface area contributed by atoms with Crippen LogP contribution in [0.4, 0.5) is 0 Å². The molecular formula is C29H50O2. The van der Waals surface area contributed by atoms with E-state index in [9.17, 15) is 5.11 Å². The van der Waals surface area contributed by atoms with Crippen molar-refractivity contribution in [3.63, 3.8) is 0 Å². The van der Waals surface area contributed by atoms with Gasteiger partial charge in [0.1, 0.15) is 0 Å². The lowest BCUT2D eigenvalue weighted by atomic mass is 9.44. The molecule has 1 heterocycles. The molecule has 0 bridgehead atoms. The number of fused-ring (bicyclic) bond motifs is 7. The Balaban J connectivity index is 1.35. The number of hydrogen-bond acceptors (Lipinski definition) is 2. The fraction of sp³-hybridized carbons (Fsp3) is 1.00. The Hall–Kier alpha value is -0.0800. The summed E-state index contributed by atoms with van der Waals surface area (Å²) in [6.45, 7) is 14.7.